The van der Waals surface area contributed by atoms with Gasteiger partial charge in [0.25, 0.3) is 0 Å². The van der Waals surface area contributed by atoms with Gasteiger partial charge in [0, 0.05) is 32.3 Å². The first-order valence-corrected chi connectivity index (χ1v) is 14.5. The molecule has 4 aromatic rings. The predicted octanol–water partition coefficient (Wildman–Crippen LogP) is 9.68. The number of benzene rings is 4. The Bertz CT molecular complexity index is 1510. The van der Waals surface area contributed by atoms with Crippen LogP contribution in [0.1, 0.15) is 46.2 Å². The third-order valence-corrected chi connectivity index (χ3v) is 8.42. The number of aryl methyl sites for hydroxylation is 1. The molecule has 6 rings (SSSR count). The van der Waals surface area contributed by atoms with E-state index >= 15 is 0 Å². The molecule has 3 atom stereocenters. The van der Waals surface area contributed by atoms with Gasteiger partial charge >= 0.3 is 0 Å². The number of fused-ring (bicyclic) bond motifs is 3. The maximum Gasteiger partial charge on any atom is 0.128 e. The highest BCUT2D eigenvalue weighted by atomic mass is 79.9. The van der Waals surface area contributed by atoms with Crippen LogP contribution in [0.5, 0.6) is 5.75 Å². The summed E-state index contributed by atoms with van der Waals surface area (Å²) in [7, 11) is 0. The fourth-order valence-corrected chi connectivity index (χ4v) is 6.09. The van der Waals surface area contributed by atoms with Gasteiger partial charge in [0.2, 0.25) is 0 Å². The molecule has 0 saturated carbocycles. The van der Waals surface area contributed by atoms with Gasteiger partial charge < -0.3 is 10.1 Å². The Morgan fingerprint density at radius 1 is 0.921 bits per heavy atom. The minimum absolute atomic E-state index is 0.284. The van der Waals surface area contributed by atoms with Crippen molar-refractivity contribution in [3.05, 3.63) is 134 Å². The first-order chi connectivity index (χ1) is 18.5. The van der Waals surface area contributed by atoms with E-state index in [9.17, 15) is 0 Å². The number of anilines is 1. The van der Waals surface area contributed by atoms with Crippen molar-refractivity contribution in [2.24, 2.45) is 10.9 Å². The topological polar surface area (TPSA) is 33.6 Å². The van der Waals surface area contributed by atoms with Gasteiger partial charge in [-0.25, -0.2) is 0 Å². The van der Waals surface area contributed by atoms with Crippen LogP contribution in [0.2, 0.25) is 0 Å². The molecule has 0 fully saturated rings. The van der Waals surface area contributed by atoms with Crippen LogP contribution in [0.15, 0.2) is 111 Å². The summed E-state index contributed by atoms with van der Waals surface area (Å²) in [6.45, 7) is 2.67. The van der Waals surface area contributed by atoms with Crippen LogP contribution in [0.3, 0.4) is 0 Å². The van der Waals surface area contributed by atoms with Crippen LogP contribution >= 0.6 is 31.9 Å². The van der Waals surface area contributed by atoms with E-state index in [0.29, 0.717) is 18.4 Å². The second kappa shape index (κ2) is 10.9. The average Bonchev–Trinajstić information content (AvgIpc) is 3.43. The summed E-state index contributed by atoms with van der Waals surface area (Å²) < 4.78 is 8.19. The van der Waals surface area contributed by atoms with Crippen molar-refractivity contribution in [1.82, 2.24) is 0 Å². The fraction of sp³-hybridized carbons (Fsp3) is 0.182. The van der Waals surface area contributed by atoms with Gasteiger partial charge in [0.15, 0.2) is 0 Å². The normalized spacial score (nSPS) is 19.7. The number of nitrogens with zero attached hydrogens (tertiary/aromatic N) is 1. The number of hydrogen-bond donors (Lipinski definition) is 1. The van der Waals surface area contributed by atoms with Gasteiger partial charge in [-0.1, -0.05) is 86.0 Å². The van der Waals surface area contributed by atoms with Crippen molar-refractivity contribution in [3.8, 4) is 5.75 Å². The van der Waals surface area contributed by atoms with E-state index in [4.69, 9.17) is 9.73 Å². The lowest BCUT2D eigenvalue weighted by Gasteiger charge is -2.37. The number of ether oxygens (including phenoxy) is 1. The molecule has 0 unspecified atom stereocenters. The summed E-state index contributed by atoms with van der Waals surface area (Å²) in [4.78, 5) is 4.78. The Morgan fingerprint density at radius 3 is 2.53 bits per heavy atom. The highest BCUT2D eigenvalue weighted by molar-refractivity contribution is 9.10. The summed E-state index contributed by atoms with van der Waals surface area (Å²) >= 11 is 7.07. The van der Waals surface area contributed by atoms with E-state index in [2.05, 4.69) is 111 Å². The number of halogens is 2. The Kier molecular flexibility index (Phi) is 7.22. The lowest BCUT2D eigenvalue weighted by atomic mass is 9.76. The van der Waals surface area contributed by atoms with Gasteiger partial charge in [-0.2, -0.15) is 0 Å². The minimum Gasteiger partial charge on any atom is -0.488 e. The van der Waals surface area contributed by atoms with Gasteiger partial charge in [0.1, 0.15) is 12.4 Å². The Labute approximate surface area is 240 Å². The van der Waals surface area contributed by atoms with Gasteiger partial charge in [-0.15, -0.1) is 0 Å². The van der Waals surface area contributed by atoms with Crippen LogP contribution in [0, 0.1) is 12.8 Å². The third-order valence-electron chi connectivity index (χ3n) is 7.40. The van der Waals surface area contributed by atoms with Crippen LogP contribution in [-0.2, 0) is 6.61 Å². The summed E-state index contributed by atoms with van der Waals surface area (Å²) in [5, 5.41) is 3.83. The maximum atomic E-state index is 6.14. The van der Waals surface area contributed by atoms with Crippen molar-refractivity contribution in [1.29, 1.82) is 0 Å². The molecular weight excluding hydrogens is 600 g/mol. The predicted molar refractivity (Wildman–Crippen MR) is 164 cm³/mol. The third kappa shape index (κ3) is 5.36. The van der Waals surface area contributed by atoms with Crippen molar-refractivity contribution in [2.75, 3.05) is 5.32 Å². The number of aliphatic imine (C=N–C) groups is 1. The van der Waals surface area contributed by atoms with Crippen LogP contribution < -0.4 is 10.1 Å². The molecule has 38 heavy (non-hydrogen) atoms. The highest BCUT2D eigenvalue weighted by Gasteiger charge is 2.37. The van der Waals surface area contributed by atoms with Gasteiger partial charge in [-0.05, 0) is 84.5 Å². The summed E-state index contributed by atoms with van der Waals surface area (Å²) in [6, 6.07) is 29.9. The lowest BCUT2D eigenvalue weighted by Crippen LogP contribution is -2.29. The summed E-state index contributed by atoms with van der Waals surface area (Å²) in [5.74, 6) is 1.81. The van der Waals surface area contributed by atoms with E-state index in [1.807, 2.05) is 36.5 Å². The molecule has 0 saturated heterocycles. The molecule has 5 heteroatoms. The van der Waals surface area contributed by atoms with Crippen molar-refractivity contribution in [3.63, 3.8) is 0 Å². The molecule has 0 spiro atoms. The number of hydrogen-bond acceptors (Lipinski definition) is 3. The molecule has 1 N–H and O–H groups in total. The second-order valence-corrected chi connectivity index (χ2v) is 11.8. The van der Waals surface area contributed by atoms with Gasteiger partial charge in [0.05, 0.1) is 11.7 Å². The number of allylic oxidation sites excluding steroid dienone is 2. The smallest absolute Gasteiger partial charge is 0.128 e. The molecule has 190 valence electrons. The molecule has 4 aromatic carbocycles. The van der Waals surface area contributed by atoms with Crippen molar-refractivity contribution >= 4 is 49.4 Å². The SMILES string of the molecule is Cc1ccc2c(c1)[C@@H]1C=CC[C@H]1[C@@H](c1ccc(N=Cc3cc(Br)ccc3OCc3ccc(Br)cc3)cc1)N2. The highest BCUT2D eigenvalue weighted by Crippen LogP contribution is 2.50. The number of rotatable bonds is 6. The summed E-state index contributed by atoms with van der Waals surface area (Å²) in [5.41, 5.74) is 8.26. The van der Waals surface area contributed by atoms with E-state index < -0.39 is 0 Å². The first kappa shape index (κ1) is 25.1. The van der Waals surface area contributed by atoms with E-state index in [0.717, 1.165) is 37.9 Å². The molecule has 1 heterocycles. The molecular formula is C33H28Br2N2O. The fourth-order valence-electron chi connectivity index (χ4n) is 5.45. The molecule has 3 nitrogen and oxygen atoms in total. The van der Waals surface area contributed by atoms with E-state index in [1.54, 1.807) is 0 Å². The van der Waals surface area contributed by atoms with E-state index in [1.165, 1.54) is 22.4 Å². The number of nitrogens with one attached hydrogen (secondary N) is 1. The zero-order valence-electron chi connectivity index (χ0n) is 21.1. The Morgan fingerprint density at radius 2 is 1.71 bits per heavy atom. The Balaban J connectivity index is 1.19. The summed E-state index contributed by atoms with van der Waals surface area (Å²) in [6.07, 6.45) is 7.71. The van der Waals surface area contributed by atoms with Crippen LogP contribution in [-0.4, -0.2) is 6.21 Å². The van der Waals surface area contributed by atoms with Crippen LogP contribution in [0.4, 0.5) is 11.4 Å². The first-order valence-electron chi connectivity index (χ1n) is 12.9. The standard InChI is InChI=1S/C33H28Br2N2O/c1-21-5-15-31-30(17-21)28-3-2-4-29(28)33(37-31)23-8-13-27(14-9-23)36-19-24-18-26(35)12-16-32(24)38-20-22-6-10-25(34)11-7-22/h2-3,5-19,28-29,33,37H,4,20H2,1H3/t28-,29-,33-/m1/s1. The molecule has 0 bridgehead atoms. The Hall–Kier alpha value is -3.15. The second-order valence-electron chi connectivity index (χ2n) is 10.0. The van der Waals surface area contributed by atoms with Crippen molar-refractivity contribution in [2.45, 2.75) is 31.9 Å². The monoisotopic (exact) mass is 626 g/mol. The molecule has 0 amide bonds. The molecule has 1 aliphatic carbocycles. The molecule has 1 aliphatic heterocycles. The average molecular weight is 628 g/mol. The van der Waals surface area contributed by atoms with Gasteiger partial charge in [-0.3, -0.25) is 4.99 Å². The van der Waals surface area contributed by atoms with Crippen molar-refractivity contribution < 1.29 is 4.74 Å². The minimum atomic E-state index is 0.284. The largest absolute Gasteiger partial charge is 0.488 e. The molecule has 2 aliphatic rings. The quantitative estimate of drug-likeness (QED) is 0.170. The zero-order chi connectivity index (χ0) is 26.1. The van der Waals surface area contributed by atoms with E-state index in [-0.39, 0.29) is 6.04 Å². The van der Waals surface area contributed by atoms with Crippen LogP contribution in [0.25, 0.3) is 0 Å². The molecule has 0 aromatic heterocycles. The maximum absolute atomic E-state index is 6.14. The lowest BCUT2D eigenvalue weighted by molar-refractivity contribution is 0.306. The zero-order valence-corrected chi connectivity index (χ0v) is 24.2. The molecule has 0 radical (unpaired) electrons.